The van der Waals surface area contributed by atoms with E-state index >= 15 is 0 Å². The van der Waals surface area contributed by atoms with Gasteiger partial charge in [-0.15, -0.1) is 12.4 Å². The zero-order chi connectivity index (χ0) is 18.2. The molecule has 2 aliphatic carbocycles. The van der Waals surface area contributed by atoms with Gasteiger partial charge in [0.05, 0.1) is 0 Å². The number of urea groups is 1. The third-order valence-corrected chi connectivity index (χ3v) is 6.03. The molecule has 0 unspecified atom stereocenters. The van der Waals surface area contributed by atoms with Crippen LogP contribution >= 0.6 is 12.4 Å². The summed E-state index contributed by atoms with van der Waals surface area (Å²) in [5.74, 6) is 1.15. The average molecular weight is 401 g/mol. The fourth-order valence-electron chi connectivity index (χ4n) is 4.07. The number of nitrogens with one attached hydrogen (secondary N) is 3. The summed E-state index contributed by atoms with van der Waals surface area (Å²) in [5.41, 5.74) is 0. The number of rotatable bonds is 8. The summed E-state index contributed by atoms with van der Waals surface area (Å²) >= 11 is 0. The Labute approximate surface area is 170 Å². The van der Waals surface area contributed by atoms with Gasteiger partial charge in [0.2, 0.25) is 5.91 Å². The molecule has 0 aromatic heterocycles. The maximum Gasteiger partial charge on any atom is 0.315 e. The van der Waals surface area contributed by atoms with Crippen LogP contribution in [0.4, 0.5) is 4.79 Å². The highest BCUT2D eigenvalue weighted by molar-refractivity contribution is 5.85. The Hall–Kier alpha value is -1.01. The first-order chi connectivity index (χ1) is 12.7. The lowest BCUT2D eigenvalue weighted by Crippen LogP contribution is -2.45. The summed E-state index contributed by atoms with van der Waals surface area (Å²) < 4.78 is 0. The van der Waals surface area contributed by atoms with Crippen LogP contribution in [0.15, 0.2) is 0 Å². The molecule has 3 fully saturated rings. The van der Waals surface area contributed by atoms with Gasteiger partial charge in [0.1, 0.15) is 0 Å². The fraction of sp³-hybridized carbons (Fsp3) is 0.900. The summed E-state index contributed by atoms with van der Waals surface area (Å²) in [6.07, 6.45) is 12.1. The van der Waals surface area contributed by atoms with Crippen molar-refractivity contribution in [3.05, 3.63) is 0 Å². The van der Waals surface area contributed by atoms with E-state index in [2.05, 4.69) is 16.0 Å². The quantitative estimate of drug-likeness (QED) is 0.548. The highest BCUT2D eigenvalue weighted by atomic mass is 35.5. The van der Waals surface area contributed by atoms with Crippen LogP contribution in [0.2, 0.25) is 0 Å². The molecule has 0 radical (unpaired) electrons. The van der Waals surface area contributed by atoms with Crippen molar-refractivity contribution in [2.24, 2.45) is 5.92 Å². The second-order valence-electron chi connectivity index (χ2n) is 8.35. The first-order valence-corrected chi connectivity index (χ1v) is 10.8. The number of likely N-dealkylation sites (tertiary alicyclic amines) is 1. The van der Waals surface area contributed by atoms with Crippen LogP contribution in [0.25, 0.3) is 0 Å². The maximum atomic E-state index is 12.3. The minimum absolute atomic E-state index is 0. The third-order valence-electron chi connectivity index (χ3n) is 6.03. The molecule has 1 saturated heterocycles. The Morgan fingerprint density at radius 3 is 2.26 bits per heavy atom. The van der Waals surface area contributed by atoms with Crippen molar-refractivity contribution in [1.29, 1.82) is 0 Å². The maximum absolute atomic E-state index is 12.3. The second kappa shape index (κ2) is 11.7. The van der Waals surface area contributed by atoms with Crippen molar-refractivity contribution in [3.63, 3.8) is 0 Å². The normalized spacial score (nSPS) is 21.4. The zero-order valence-electron chi connectivity index (χ0n) is 16.5. The summed E-state index contributed by atoms with van der Waals surface area (Å²) in [6, 6.07) is 0.844. The number of halogens is 1. The molecule has 156 valence electrons. The first-order valence-electron chi connectivity index (χ1n) is 10.8. The molecule has 1 aliphatic heterocycles. The number of piperidine rings is 1. The Kier molecular flexibility index (Phi) is 9.69. The number of amides is 3. The molecular formula is C20H37ClN4O2. The van der Waals surface area contributed by atoms with Gasteiger partial charge in [-0.2, -0.15) is 0 Å². The Balaban J connectivity index is 0.00000261. The monoisotopic (exact) mass is 400 g/mol. The largest absolute Gasteiger partial charge is 0.343 e. The molecule has 0 bridgehead atoms. The molecule has 2 saturated carbocycles. The van der Waals surface area contributed by atoms with Crippen LogP contribution < -0.4 is 16.0 Å². The molecule has 3 N–H and O–H groups in total. The molecular weight excluding hydrogens is 364 g/mol. The number of carbonyl (C=O) groups excluding carboxylic acids is 2. The predicted molar refractivity (Wildman–Crippen MR) is 110 cm³/mol. The minimum atomic E-state index is -0.0769. The van der Waals surface area contributed by atoms with Gasteiger partial charge >= 0.3 is 6.03 Å². The van der Waals surface area contributed by atoms with Gasteiger partial charge in [0.15, 0.2) is 0 Å². The van der Waals surface area contributed by atoms with E-state index in [1.807, 2.05) is 4.90 Å². The lowest BCUT2D eigenvalue weighted by Gasteiger charge is -2.32. The Bertz CT molecular complexity index is 459. The highest BCUT2D eigenvalue weighted by Crippen LogP contribution is 2.28. The van der Waals surface area contributed by atoms with Crippen LogP contribution in [0, 0.1) is 5.92 Å². The van der Waals surface area contributed by atoms with Gasteiger partial charge in [-0.25, -0.2) is 4.79 Å². The van der Waals surface area contributed by atoms with Crippen molar-refractivity contribution >= 4 is 24.3 Å². The molecule has 0 spiro atoms. The van der Waals surface area contributed by atoms with Gasteiger partial charge in [-0.3, -0.25) is 4.79 Å². The van der Waals surface area contributed by atoms with Crippen LogP contribution in [-0.4, -0.2) is 55.1 Å². The van der Waals surface area contributed by atoms with Crippen molar-refractivity contribution in [1.82, 2.24) is 20.9 Å². The topological polar surface area (TPSA) is 73.5 Å². The summed E-state index contributed by atoms with van der Waals surface area (Å²) in [4.78, 5) is 26.2. The van der Waals surface area contributed by atoms with E-state index in [1.165, 1.54) is 32.1 Å². The third kappa shape index (κ3) is 8.26. The molecule has 1 heterocycles. The van der Waals surface area contributed by atoms with Crippen LogP contribution in [0.3, 0.4) is 0 Å². The van der Waals surface area contributed by atoms with Crippen molar-refractivity contribution in [2.75, 3.05) is 26.2 Å². The number of hydrogen-bond acceptors (Lipinski definition) is 3. The molecule has 7 heteroatoms. The van der Waals surface area contributed by atoms with E-state index in [4.69, 9.17) is 0 Å². The molecule has 0 aromatic rings. The van der Waals surface area contributed by atoms with Gasteiger partial charge in [0, 0.05) is 38.1 Å². The Morgan fingerprint density at radius 1 is 0.889 bits per heavy atom. The van der Waals surface area contributed by atoms with Crippen molar-refractivity contribution in [3.8, 4) is 0 Å². The van der Waals surface area contributed by atoms with Gasteiger partial charge < -0.3 is 20.9 Å². The number of carbonyl (C=O) groups is 2. The lowest BCUT2D eigenvalue weighted by atomic mass is 9.96. The van der Waals surface area contributed by atoms with E-state index in [0.29, 0.717) is 25.0 Å². The van der Waals surface area contributed by atoms with Crippen LogP contribution in [-0.2, 0) is 4.79 Å². The molecule has 3 rings (SSSR count). The average Bonchev–Trinajstić information content (AvgIpc) is 3.49. The number of hydrogen-bond donors (Lipinski definition) is 3. The summed E-state index contributed by atoms with van der Waals surface area (Å²) in [5, 5.41) is 9.59. The second-order valence-corrected chi connectivity index (χ2v) is 8.35. The van der Waals surface area contributed by atoms with E-state index in [1.54, 1.807) is 0 Å². The predicted octanol–water partition coefficient (Wildman–Crippen LogP) is 2.81. The minimum Gasteiger partial charge on any atom is -0.343 e. The van der Waals surface area contributed by atoms with Crippen molar-refractivity contribution < 1.29 is 9.59 Å². The summed E-state index contributed by atoms with van der Waals surface area (Å²) in [7, 11) is 0. The molecule has 0 aromatic carbocycles. The Morgan fingerprint density at radius 2 is 1.59 bits per heavy atom. The van der Waals surface area contributed by atoms with E-state index in [0.717, 1.165) is 57.7 Å². The standard InChI is InChI=1S/C20H36N4O2.ClH/c25-19(24-13-10-17(11-14-24)22-15-16-8-9-16)7-4-12-21-20(26)23-18-5-2-1-3-6-18;/h16-18,22H,1-15H2,(H2,21,23,26);1H. The summed E-state index contributed by atoms with van der Waals surface area (Å²) in [6.45, 7) is 3.48. The van der Waals surface area contributed by atoms with Crippen LogP contribution in [0.1, 0.15) is 70.6 Å². The fourth-order valence-corrected chi connectivity index (χ4v) is 4.07. The first kappa shape index (κ1) is 22.3. The SMILES string of the molecule is Cl.O=C(NCCCC(=O)N1CCC(NCC2CC2)CC1)NC1CCCCC1. The molecule has 27 heavy (non-hydrogen) atoms. The van der Waals surface area contributed by atoms with Crippen molar-refractivity contribution in [2.45, 2.75) is 82.7 Å². The van der Waals surface area contributed by atoms with Gasteiger partial charge in [0.25, 0.3) is 0 Å². The molecule has 3 amide bonds. The van der Waals surface area contributed by atoms with Gasteiger partial charge in [-0.05, 0) is 57.4 Å². The highest BCUT2D eigenvalue weighted by Gasteiger charge is 2.25. The van der Waals surface area contributed by atoms with Crippen LogP contribution in [0.5, 0.6) is 0 Å². The van der Waals surface area contributed by atoms with E-state index in [-0.39, 0.29) is 24.3 Å². The van der Waals surface area contributed by atoms with E-state index < -0.39 is 0 Å². The van der Waals surface area contributed by atoms with Gasteiger partial charge in [-0.1, -0.05) is 19.3 Å². The number of nitrogens with zero attached hydrogens (tertiary/aromatic N) is 1. The lowest BCUT2D eigenvalue weighted by molar-refractivity contribution is -0.132. The zero-order valence-corrected chi connectivity index (χ0v) is 17.3. The van der Waals surface area contributed by atoms with E-state index in [9.17, 15) is 9.59 Å². The molecule has 0 atom stereocenters. The smallest absolute Gasteiger partial charge is 0.315 e. The molecule has 6 nitrogen and oxygen atoms in total. The molecule has 3 aliphatic rings.